The maximum absolute atomic E-state index is 13.1. The number of hydrogen-bond donors (Lipinski definition) is 2. The molecule has 2 amide bonds. The van der Waals surface area contributed by atoms with E-state index in [1.807, 2.05) is 0 Å². The van der Waals surface area contributed by atoms with Gasteiger partial charge in [-0.25, -0.2) is 0 Å². The van der Waals surface area contributed by atoms with Gasteiger partial charge in [0.2, 0.25) is 0 Å². The number of carbonyl (C=O) groups is 3. The van der Waals surface area contributed by atoms with Crippen molar-refractivity contribution in [3.63, 3.8) is 0 Å². The Morgan fingerprint density at radius 2 is 1.84 bits per heavy atom. The molecule has 1 saturated heterocycles. The van der Waals surface area contributed by atoms with Crippen LogP contribution in [0, 0.1) is 0 Å². The van der Waals surface area contributed by atoms with Crippen molar-refractivity contribution >= 4 is 52.2 Å². The van der Waals surface area contributed by atoms with Gasteiger partial charge in [-0.15, -0.1) is 0 Å². The van der Waals surface area contributed by atoms with Gasteiger partial charge in [0.25, 0.3) is 11.8 Å². The first kappa shape index (κ1) is 24.9. The fraction of sp³-hybridized carbons (Fsp3) is 0.455. The van der Waals surface area contributed by atoms with Crippen molar-refractivity contribution in [3.8, 4) is 5.75 Å². The molecule has 0 aromatic heterocycles. The molecule has 2 N–H and O–H groups in total. The van der Waals surface area contributed by atoms with Crippen LogP contribution in [0.1, 0.15) is 61.9 Å². The molecule has 1 aromatic carbocycles. The Kier molecular flexibility index (Phi) is 9.51. The number of thiocarbonyl (C=S) groups is 1. The highest BCUT2D eigenvalue weighted by Crippen LogP contribution is 2.33. The van der Waals surface area contributed by atoms with Gasteiger partial charge in [-0.05, 0) is 36.6 Å². The molecule has 0 radical (unpaired) electrons. The number of carbonyl (C=O) groups excluding carboxylic acids is 2. The number of nitrogens with zero attached hydrogens (tertiary/aromatic N) is 2. The van der Waals surface area contributed by atoms with Crippen molar-refractivity contribution in [2.24, 2.45) is 0 Å². The minimum absolute atomic E-state index is 0.113. The van der Waals surface area contributed by atoms with Crippen LogP contribution in [-0.2, 0) is 9.59 Å². The molecule has 0 atom stereocenters. The van der Waals surface area contributed by atoms with Crippen molar-refractivity contribution in [2.45, 2.75) is 46.0 Å². The third-order valence-corrected chi connectivity index (χ3v) is 6.19. The number of phenolic OH excluding ortho intramolecular Hbond substituents is 1. The zero-order chi connectivity index (χ0) is 23.0. The summed E-state index contributed by atoms with van der Waals surface area (Å²) >= 11 is 6.12. The summed E-state index contributed by atoms with van der Waals surface area (Å²) < 4.78 is 0.176. The van der Waals surface area contributed by atoms with E-state index < -0.39 is 18.4 Å². The van der Waals surface area contributed by atoms with E-state index in [2.05, 4.69) is 13.8 Å². The number of amides is 2. The molecule has 2 rings (SSSR count). The first-order valence-electron chi connectivity index (χ1n) is 10.4. The van der Waals surface area contributed by atoms with Crippen LogP contribution in [0.25, 0.3) is 6.08 Å². The van der Waals surface area contributed by atoms with Crippen LogP contribution < -0.4 is 0 Å². The van der Waals surface area contributed by atoms with Gasteiger partial charge < -0.3 is 15.1 Å². The van der Waals surface area contributed by atoms with Crippen molar-refractivity contribution in [1.29, 1.82) is 0 Å². The SMILES string of the molecule is CCCCCN(CCCC)C(=O)c1cc(/C=C2\SC(=S)N(CC(=O)O)C2=O)ccc1O. The van der Waals surface area contributed by atoms with E-state index in [1.54, 1.807) is 23.1 Å². The standard InChI is InChI=1S/C22H28N2O5S2/c1-3-5-7-11-23(10-6-4-2)20(28)16-12-15(8-9-17(16)25)13-18-21(29)24(14-19(26)27)22(30)31-18/h8-9,12-13,25H,3-7,10-11,14H2,1-2H3,(H,26,27)/b18-13-. The molecule has 0 aliphatic carbocycles. The van der Waals surface area contributed by atoms with E-state index in [0.29, 0.717) is 18.7 Å². The normalized spacial score (nSPS) is 15.0. The largest absolute Gasteiger partial charge is 0.507 e. The molecule has 31 heavy (non-hydrogen) atoms. The van der Waals surface area contributed by atoms with Crippen molar-refractivity contribution in [2.75, 3.05) is 19.6 Å². The minimum Gasteiger partial charge on any atom is -0.507 e. The van der Waals surface area contributed by atoms with Gasteiger partial charge in [0.15, 0.2) is 0 Å². The van der Waals surface area contributed by atoms with E-state index in [0.717, 1.165) is 48.8 Å². The Labute approximate surface area is 192 Å². The second-order valence-electron chi connectivity index (χ2n) is 7.29. The minimum atomic E-state index is -1.15. The maximum Gasteiger partial charge on any atom is 0.323 e. The maximum atomic E-state index is 13.1. The van der Waals surface area contributed by atoms with Gasteiger partial charge in [-0.3, -0.25) is 19.3 Å². The third-order valence-electron chi connectivity index (χ3n) is 4.82. The summed E-state index contributed by atoms with van der Waals surface area (Å²) in [5.41, 5.74) is 0.739. The molecule has 0 spiro atoms. The van der Waals surface area contributed by atoms with Crippen LogP contribution in [0.5, 0.6) is 5.75 Å². The number of carboxylic acid groups (broad SMARTS) is 1. The van der Waals surface area contributed by atoms with Gasteiger partial charge >= 0.3 is 5.97 Å². The molecule has 1 aromatic rings. The average molecular weight is 465 g/mol. The Hall–Kier alpha value is -2.39. The lowest BCUT2D eigenvalue weighted by molar-refractivity contribution is -0.140. The summed E-state index contributed by atoms with van der Waals surface area (Å²) in [6.45, 7) is 4.92. The molecule has 0 saturated carbocycles. The number of thioether (sulfide) groups is 1. The number of rotatable bonds is 11. The van der Waals surface area contributed by atoms with Gasteiger partial charge in [0.1, 0.15) is 16.6 Å². The highest BCUT2D eigenvalue weighted by molar-refractivity contribution is 8.26. The summed E-state index contributed by atoms with van der Waals surface area (Å²) in [5.74, 6) is -1.99. The van der Waals surface area contributed by atoms with Crippen LogP contribution in [-0.4, -0.2) is 61.8 Å². The summed E-state index contributed by atoms with van der Waals surface area (Å²) in [6.07, 6.45) is 6.38. The second kappa shape index (κ2) is 11.9. The summed E-state index contributed by atoms with van der Waals surface area (Å²) in [4.78, 5) is 39.6. The van der Waals surface area contributed by atoms with Gasteiger partial charge in [0.05, 0.1) is 10.5 Å². The molecule has 1 aliphatic rings. The summed E-state index contributed by atoms with van der Waals surface area (Å²) in [5, 5.41) is 19.3. The van der Waals surface area contributed by atoms with Crippen molar-refractivity contribution in [3.05, 3.63) is 34.2 Å². The zero-order valence-electron chi connectivity index (χ0n) is 17.8. The Morgan fingerprint density at radius 3 is 2.48 bits per heavy atom. The molecule has 1 fully saturated rings. The Bertz CT molecular complexity index is 885. The highest BCUT2D eigenvalue weighted by atomic mass is 32.2. The number of unbranched alkanes of at least 4 members (excludes halogenated alkanes) is 3. The number of carboxylic acids is 1. The monoisotopic (exact) mass is 464 g/mol. The van der Waals surface area contributed by atoms with Crippen LogP contribution in [0.3, 0.4) is 0 Å². The second-order valence-corrected chi connectivity index (χ2v) is 8.97. The number of aromatic hydroxyl groups is 1. The van der Waals surface area contributed by atoms with Crippen LogP contribution in [0.2, 0.25) is 0 Å². The van der Waals surface area contributed by atoms with Gasteiger partial charge in [-0.1, -0.05) is 63.2 Å². The lowest BCUT2D eigenvalue weighted by atomic mass is 10.1. The predicted octanol–water partition coefficient (Wildman–Crippen LogP) is 4.11. The zero-order valence-corrected chi connectivity index (χ0v) is 19.4. The fourth-order valence-electron chi connectivity index (χ4n) is 3.12. The van der Waals surface area contributed by atoms with Crippen LogP contribution in [0.15, 0.2) is 23.1 Å². The van der Waals surface area contributed by atoms with Gasteiger partial charge in [-0.2, -0.15) is 0 Å². The van der Waals surface area contributed by atoms with Crippen LogP contribution >= 0.6 is 24.0 Å². The van der Waals surface area contributed by atoms with E-state index >= 15 is 0 Å². The molecule has 9 heteroatoms. The summed E-state index contributed by atoms with van der Waals surface area (Å²) in [6, 6.07) is 4.59. The molecule has 0 bridgehead atoms. The van der Waals surface area contributed by atoms with E-state index in [4.69, 9.17) is 17.3 Å². The molecule has 7 nitrogen and oxygen atoms in total. The van der Waals surface area contributed by atoms with E-state index in [1.165, 1.54) is 6.07 Å². The number of benzene rings is 1. The Balaban J connectivity index is 2.26. The highest BCUT2D eigenvalue weighted by Gasteiger charge is 2.33. The molecule has 0 unspecified atom stereocenters. The number of aliphatic carboxylic acids is 1. The molecule has 1 aliphatic heterocycles. The van der Waals surface area contributed by atoms with Gasteiger partial charge in [0, 0.05) is 13.1 Å². The Morgan fingerprint density at radius 1 is 1.16 bits per heavy atom. The summed E-state index contributed by atoms with van der Waals surface area (Å²) in [7, 11) is 0. The predicted molar refractivity (Wildman–Crippen MR) is 126 cm³/mol. The van der Waals surface area contributed by atoms with Crippen molar-refractivity contribution < 1.29 is 24.6 Å². The first-order chi connectivity index (χ1) is 14.8. The van der Waals surface area contributed by atoms with Crippen molar-refractivity contribution in [1.82, 2.24) is 9.80 Å². The number of hydrogen-bond acceptors (Lipinski definition) is 6. The fourth-order valence-corrected chi connectivity index (χ4v) is 4.38. The lowest BCUT2D eigenvalue weighted by Gasteiger charge is -2.23. The molecule has 1 heterocycles. The average Bonchev–Trinajstić information content (AvgIpc) is 2.98. The van der Waals surface area contributed by atoms with E-state index in [-0.39, 0.29) is 26.4 Å². The lowest BCUT2D eigenvalue weighted by Crippen LogP contribution is -2.33. The molecular weight excluding hydrogens is 436 g/mol. The molecular formula is C22H28N2O5S2. The number of phenols is 1. The van der Waals surface area contributed by atoms with Crippen LogP contribution in [0.4, 0.5) is 0 Å². The smallest absolute Gasteiger partial charge is 0.323 e. The first-order valence-corrected chi connectivity index (χ1v) is 11.6. The van der Waals surface area contributed by atoms with E-state index in [9.17, 15) is 19.5 Å². The molecule has 168 valence electrons. The topological polar surface area (TPSA) is 98.2 Å². The third kappa shape index (κ3) is 6.80. The quantitative estimate of drug-likeness (QED) is 0.289.